The molecule has 0 aliphatic carbocycles. The third-order valence-corrected chi connectivity index (χ3v) is 2.33. The van der Waals surface area contributed by atoms with Crippen LogP contribution in [0.25, 0.3) is 0 Å². The lowest BCUT2D eigenvalue weighted by molar-refractivity contribution is 0.174. The summed E-state index contributed by atoms with van der Waals surface area (Å²) in [5.74, 6) is 0.216. The average Bonchev–Trinajstić information content (AvgIpc) is 2.03. The molecule has 2 atom stereocenters. The van der Waals surface area contributed by atoms with Crippen LogP contribution in [-0.4, -0.2) is 31.8 Å². The normalized spacial score (nSPS) is 31.0. The van der Waals surface area contributed by atoms with E-state index >= 15 is 0 Å². The maximum atomic E-state index is 13.2. The Morgan fingerprint density at radius 3 is 2.92 bits per heavy atom. The van der Waals surface area contributed by atoms with Gasteiger partial charge in [0.25, 0.3) is 0 Å². The van der Waals surface area contributed by atoms with Crippen LogP contribution >= 0.6 is 0 Å². The zero-order valence-corrected chi connectivity index (χ0v) is 7.94. The molecule has 3 heteroatoms. The fourth-order valence-electron chi connectivity index (χ4n) is 1.49. The molecule has 72 valence electrons. The summed E-state index contributed by atoms with van der Waals surface area (Å²) in [4.78, 5) is 0. The highest BCUT2D eigenvalue weighted by Gasteiger charge is 2.23. The molecule has 0 amide bonds. The van der Waals surface area contributed by atoms with Gasteiger partial charge < -0.3 is 10.6 Å². The van der Waals surface area contributed by atoms with Gasteiger partial charge in [-0.15, -0.1) is 0 Å². The van der Waals surface area contributed by atoms with Gasteiger partial charge in [-0.3, -0.25) is 0 Å². The van der Waals surface area contributed by atoms with Gasteiger partial charge >= 0.3 is 0 Å². The molecule has 0 saturated carbocycles. The van der Waals surface area contributed by atoms with Gasteiger partial charge in [0, 0.05) is 25.0 Å². The molecule has 2 N–H and O–H groups in total. The quantitative estimate of drug-likeness (QED) is 0.665. The zero-order valence-electron chi connectivity index (χ0n) is 7.94. The van der Waals surface area contributed by atoms with Crippen molar-refractivity contribution >= 4 is 0 Å². The van der Waals surface area contributed by atoms with E-state index in [4.69, 9.17) is 0 Å². The number of piperidine rings is 1. The molecule has 1 heterocycles. The molecule has 1 aliphatic rings. The summed E-state index contributed by atoms with van der Waals surface area (Å²) in [6.07, 6.45) is 0.297. The van der Waals surface area contributed by atoms with Gasteiger partial charge in [-0.05, 0) is 13.0 Å². The third-order valence-electron chi connectivity index (χ3n) is 2.33. The maximum absolute atomic E-state index is 13.2. The number of halogens is 1. The lowest BCUT2D eigenvalue weighted by Crippen LogP contribution is -2.43. The van der Waals surface area contributed by atoms with E-state index in [1.165, 1.54) is 0 Å². The molecule has 1 rings (SSSR count). The van der Waals surface area contributed by atoms with Crippen LogP contribution in [-0.2, 0) is 0 Å². The first kappa shape index (κ1) is 9.93. The van der Waals surface area contributed by atoms with Crippen LogP contribution in [0.3, 0.4) is 0 Å². The number of hydrogen-bond donors (Lipinski definition) is 2. The second-order valence-electron chi connectivity index (χ2n) is 3.83. The Morgan fingerprint density at radius 2 is 2.33 bits per heavy atom. The fraction of sp³-hybridized carbons (Fsp3) is 1.00. The van der Waals surface area contributed by atoms with E-state index in [1.54, 1.807) is 0 Å². The van der Waals surface area contributed by atoms with Gasteiger partial charge in [-0.2, -0.15) is 0 Å². The monoisotopic (exact) mass is 174 g/mol. The van der Waals surface area contributed by atoms with Crippen molar-refractivity contribution in [3.8, 4) is 0 Å². The van der Waals surface area contributed by atoms with Crippen molar-refractivity contribution in [3.05, 3.63) is 0 Å². The summed E-state index contributed by atoms with van der Waals surface area (Å²) in [7, 11) is 0. The van der Waals surface area contributed by atoms with E-state index in [9.17, 15) is 4.39 Å². The maximum Gasteiger partial charge on any atom is 0.117 e. The smallest absolute Gasteiger partial charge is 0.117 e. The first-order chi connectivity index (χ1) is 5.70. The van der Waals surface area contributed by atoms with Crippen LogP contribution in [0.2, 0.25) is 0 Å². The molecule has 1 aliphatic heterocycles. The van der Waals surface area contributed by atoms with Gasteiger partial charge in [0.15, 0.2) is 0 Å². The molecule has 0 radical (unpaired) electrons. The largest absolute Gasteiger partial charge is 0.314 e. The van der Waals surface area contributed by atoms with Gasteiger partial charge in [0.2, 0.25) is 0 Å². The van der Waals surface area contributed by atoms with Gasteiger partial charge in [-0.25, -0.2) is 4.39 Å². The molecule has 0 bridgehead atoms. The Bertz CT molecular complexity index is 128. The highest BCUT2D eigenvalue weighted by Crippen LogP contribution is 2.14. The summed E-state index contributed by atoms with van der Waals surface area (Å²) in [5, 5.41) is 6.33. The van der Waals surface area contributed by atoms with Crippen molar-refractivity contribution in [1.82, 2.24) is 10.6 Å². The lowest BCUT2D eigenvalue weighted by atomic mass is 9.96. The van der Waals surface area contributed by atoms with E-state index in [0.717, 1.165) is 19.5 Å². The average molecular weight is 174 g/mol. The predicted octanol–water partition coefficient (Wildman–Crippen LogP) is 0.932. The molecule has 0 aromatic rings. The molecule has 1 saturated heterocycles. The van der Waals surface area contributed by atoms with Crippen molar-refractivity contribution in [2.24, 2.45) is 5.92 Å². The first-order valence-electron chi connectivity index (χ1n) is 4.78. The van der Waals surface area contributed by atoms with Crippen LogP contribution in [0.15, 0.2) is 0 Å². The van der Waals surface area contributed by atoms with Crippen LogP contribution in [0.5, 0.6) is 0 Å². The van der Waals surface area contributed by atoms with Crippen LogP contribution in [0, 0.1) is 5.92 Å². The van der Waals surface area contributed by atoms with E-state index in [-0.39, 0.29) is 5.92 Å². The SMILES string of the molecule is CC(C)NCC1CCNCC1F. The Labute approximate surface area is 73.9 Å². The predicted molar refractivity (Wildman–Crippen MR) is 49.0 cm³/mol. The molecule has 0 spiro atoms. The van der Waals surface area contributed by atoms with E-state index in [0.29, 0.717) is 12.6 Å². The summed E-state index contributed by atoms with van der Waals surface area (Å²) in [6.45, 7) is 6.50. The molecule has 12 heavy (non-hydrogen) atoms. The van der Waals surface area contributed by atoms with E-state index in [1.807, 2.05) is 0 Å². The molecule has 2 unspecified atom stereocenters. The van der Waals surface area contributed by atoms with Crippen LogP contribution in [0.1, 0.15) is 20.3 Å². The summed E-state index contributed by atoms with van der Waals surface area (Å²) < 4.78 is 13.2. The Hall–Kier alpha value is -0.150. The molecule has 0 aromatic carbocycles. The minimum atomic E-state index is -0.662. The summed E-state index contributed by atoms with van der Waals surface area (Å²) >= 11 is 0. The highest BCUT2D eigenvalue weighted by atomic mass is 19.1. The number of alkyl halides is 1. The minimum Gasteiger partial charge on any atom is -0.314 e. The first-order valence-corrected chi connectivity index (χ1v) is 4.78. The van der Waals surface area contributed by atoms with Gasteiger partial charge in [0.05, 0.1) is 0 Å². The fourth-order valence-corrected chi connectivity index (χ4v) is 1.49. The molecule has 0 aromatic heterocycles. The van der Waals surface area contributed by atoms with Crippen LogP contribution < -0.4 is 10.6 Å². The van der Waals surface area contributed by atoms with E-state index in [2.05, 4.69) is 24.5 Å². The molecule has 2 nitrogen and oxygen atoms in total. The highest BCUT2D eigenvalue weighted by molar-refractivity contribution is 4.79. The number of hydrogen-bond acceptors (Lipinski definition) is 2. The summed E-state index contributed by atoms with van der Waals surface area (Å²) in [5.41, 5.74) is 0. The van der Waals surface area contributed by atoms with E-state index < -0.39 is 6.17 Å². The summed E-state index contributed by atoms with van der Waals surface area (Å²) in [6, 6.07) is 0.465. The van der Waals surface area contributed by atoms with Gasteiger partial charge in [0.1, 0.15) is 6.17 Å². The Morgan fingerprint density at radius 1 is 1.58 bits per heavy atom. The van der Waals surface area contributed by atoms with Crippen molar-refractivity contribution in [1.29, 1.82) is 0 Å². The lowest BCUT2D eigenvalue weighted by Gasteiger charge is -2.27. The third kappa shape index (κ3) is 3.07. The Kier molecular flexibility index (Phi) is 3.95. The second kappa shape index (κ2) is 4.77. The standard InChI is InChI=1S/C9H19FN2/c1-7(2)12-5-8-3-4-11-6-9(8)10/h7-9,11-12H,3-6H2,1-2H3. The minimum absolute atomic E-state index is 0.216. The number of rotatable bonds is 3. The molecular formula is C9H19FN2. The second-order valence-corrected chi connectivity index (χ2v) is 3.83. The van der Waals surface area contributed by atoms with Crippen molar-refractivity contribution < 1.29 is 4.39 Å². The molecular weight excluding hydrogens is 155 g/mol. The molecule has 1 fully saturated rings. The zero-order chi connectivity index (χ0) is 8.97. The van der Waals surface area contributed by atoms with Gasteiger partial charge in [-0.1, -0.05) is 13.8 Å². The number of nitrogens with one attached hydrogen (secondary N) is 2. The van der Waals surface area contributed by atoms with Crippen molar-refractivity contribution in [3.63, 3.8) is 0 Å². The van der Waals surface area contributed by atoms with Crippen molar-refractivity contribution in [2.45, 2.75) is 32.5 Å². The van der Waals surface area contributed by atoms with Crippen molar-refractivity contribution in [2.75, 3.05) is 19.6 Å². The topological polar surface area (TPSA) is 24.1 Å². The Balaban J connectivity index is 2.20. The van der Waals surface area contributed by atoms with Crippen LogP contribution in [0.4, 0.5) is 4.39 Å².